The van der Waals surface area contributed by atoms with E-state index in [1.54, 1.807) is 11.3 Å². The third kappa shape index (κ3) is 2.86. The first-order valence-electron chi connectivity index (χ1n) is 6.53. The molecule has 1 fully saturated rings. The predicted molar refractivity (Wildman–Crippen MR) is 78.5 cm³/mol. The number of nitrogens with zero attached hydrogens (tertiary/aromatic N) is 1. The number of hydrogen-bond acceptors (Lipinski definition) is 4. The van der Waals surface area contributed by atoms with E-state index in [-0.39, 0.29) is 18.2 Å². The molecule has 0 aliphatic carbocycles. The Bertz CT molecular complexity index is 655. The molecule has 0 radical (unpaired) electrons. The third-order valence-corrected chi connectivity index (χ3v) is 4.21. The van der Waals surface area contributed by atoms with Crippen LogP contribution in [-0.2, 0) is 16.1 Å². The molecule has 4 nitrogen and oxygen atoms in total. The van der Waals surface area contributed by atoms with Crippen LogP contribution >= 0.6 is 11.3 Å². The smallest absolute Gasteiger partial charge is 0.251 e. The van der Waals surface area contributed by atoms with Crippen molar-refractivity contribution in [1.82, 2.24) is 5.32 Å². The minimum absolute atomic E-state index is 0.127. The Balaban J connectivity index is 1.71. The van der Waals surface area contributed by atoms with Gasteiger partial charge in [0.1, 0.15) is 5.82 Å². The number of thiophene rings is 1. The van der Waals surface area contributed by atoms with Gasteiger partial charge >= 0.3 is 0 Å². The zero-order valence-corrected chi connectivity index (χ0v) is 11.9. The van der Waals surface area contributed by atoms with Crippen LogP contribution in [0.5, 0.6) is 0 Å². The minimum atomic E-state index is -0.523. The Morgan fingerprint density at radius 2 is 2.00 bits per heavy atom. The maximum atomic E-state index is 12.9. The van der Waals surface area contributed by atoms with E-state index in [1.807, 2.05) is 17.5 Å². The highest BCUT2D eigenvalue weighted by molar-refractivity contribution is 7.09. The Morgan fingerprint density at radius 1 is 1.24 bits per heavy atom. The average molecular weight is 304 g/mol. The molecule has 1 atom stereocenters. The monoisotopic (exact) mass is 304 g/mol. The molecule has 1 aliphatic heterocycles. The van der Waals surface area contributed by atoms with Gasteiger partial charge in [-0.2, -0.15) is 0 Å². The molecular weight excluding hydrogens is 291 g/mol. The number of rotatable bonds is 4. The number of amides is 2. The normalized spacial score (nSPS) is 18.5. The van der Waals surface area contributed by atoms with Gasteiger partial charge in [-0.15, -0.1) is 11.3 Å². The van der Waals surface area contributed by atoms with Crippen LogP contribution in [0.3, 0.4) is 0 Å². The molecule has 108 valence electrons. The van der Waals surface area contributed by atoms with Crippen LogP contribution in [0.15, 0.2) is 41.8 Å². The SMILES string of the molecule is O=C1C[C@H](NCc2cccs2)C(=O)N1c1ccc(F)cc1. The number of halogens is 1. The van der Waals surface area contributed by atoms with Crippen molar-refractivity contribution in [3.05, 3.63) is 52.5 Å². The van der Waals surface area contributed by atoms with Crippen LogP contribution in [0.1, 0.15) is 11.3 Å². The van der Waals surface area contributed by atoms with Gasteiger partial charge in [0.05, 0.1) is 18.2 Å². The van der Waals surface area contributed by atoms with Gasteiger partial charge in [0.2, 0.25) is 5.91 Å². The standard InChI is InChI=1S/C15H13FN2O2S/c16-10-3-5-11(6-4-10)18-14(19)8-13(15(18)20)17-9-12-2-1-7-21-12/h1-7,13,17H,8-9H2/t13-/m0/s1. The molecule has 1 N–H and O–H groups in total. The van der Waals surface area contributed by atoms with Gasteiger partial charge < -0.3 is 5.32 Å². The lowest BCUT2D eigenvalue weighted by Gasteiger charge is -2.15. The second-order valence-corrected chi connectivity index (χ2v) is 5.79. The Morgan fingerprint density at radius 3 is 2.67 bits per heavy atom. The summed E-state index contributed by atoms with van der Waals surface area (Å²) in [7, 11) is 0. The molecule has 2 heterocycles. The van der Waals surface area contributed by atoms with Crippen LogP contribution in [0.2, 0.25) is 0 Å². The Labute approximate surface area is 125 Å². The van der Waals surface area contributed by atoms with Crippen LogP contribution in [0, 0.1) is 5.82 Å². The Kier molecular flexibility index (Phi) is 3.81. The van der Waals surface area contributed by atoms with Gasteiger partial charge in [-0.05, 0) is 35.7 Å². The van der Waals surface area contributed by atoms with E-state index in [1.165, 1.54) is 24.3 Å². The molecule has 1 saturated heterocycles. The number of anilines is 1. The summed E-state index contributed by atoms with van der Waals surface area (Å²) in [5, 5.41) is 5.06. The molecule has 0 unspecified atom stereocenters. The number of carbonyl (C=O) groups excluding carboxylic acids is 2. The first kappa shape index (κ1) is 13.9. The van der Waals surface area contributed by atoms with Crippen molar-refractivity contribution in [3.8, 4) is 0 Å². The summed E-state index contributed by atoms with van der Waals surface area (Å²) < 4.78 is 12.9. The summed E-state index contributed by atoms with van der Waals surface area (Å²) in [5.41, 5.74) is 0.409. The van der Waals surface area contributed by atoms with Gasteiger partial charge in [-0.3, -0.25) is 9.59 Å². The third-order valence-electron chi connectivity index (χ3n) is 3.33. The van der Waals surface area contributed by atoms with Crippen molar-refractivity contribution >= 4 is 28.8 Å². The van der Waals surface area contributed by atoms with E-state index in [0.717, 1.165) is 9.78 Å². The summed E-state index contributed by atoms with van der Waals surface area (Å²) in [6.45, 7) is 0.554. The summed E-state index contributed by atoms with van der Waals surface area (Å²) >= 11 is 1.59. The number of carbonyl (C=O) groups is 2. The summed E-state index contributed by atoms with van der Waals surface area (Å²) in [5.74, 6) is -0.955. The van der Waals surface area contributed by atoms with Crippen molar-refractivity contribution in [2.75, 3.05) is 4.90 Å². The zero-order chi connectivity index (χ0) is 14.8. The van der Waals surface area contributed by atoms with Crippen LogP contribution < -0.4 is 10.2 Å². The highest BCUT2D eigenvalue weighted by Crippen LogP contribution is 2.23. The molecule has 6 heteroatoms. The summed E-state index contributed by atoms with van der Waals surface area (Å²) in [6.07, 6.45) is 0.127. The molecule has 0 saturated carbocycles. The van der Waals surface area contributed by atoms with Gasteiger partial charge in [0.15, 0.2) is 0 Å². The van der Waals surface area contributed by atoms with Gasteiger partial charge in [0.25, 0.3) is 5.91 Å². The predicted octanol–water partition coefficient (Wildman–Crippen LogP) is 2.31. The van der Waals surface area contributed by atoms with Crippen molar-refractivity contribution in [2.45, 2.75) is 19.0 Å². The van der Waals surface area contributed by atoms with Crippen molar-refractivity contribution in [1.29, 1.82) is 0 Å². The number of imide groups is 1. The van der Waals surface area contributed by atoms with E-state index in [4.69, 9.17) is 0 Å². The summed E-state index contributed by atoms with van der Waals surface area (Å²) in [6, 6.07) is 8.74. The van der Waals surface area contributed by atoms with Gasteiger partial charge in [-0.1, -0.05) is 6.07 Å². The molecule has 2 aromatic rings. The molecule has 1 aromatic heterocycles. The largest absolute Gasteiger partial charge is 0.300 e. The van der Waals surface area contributed by atoms with Gasteiger partial charge in [-0.25, -0.2) is 9.29 Å². The molecular formula is C15H13FN2O2S. The molecule has 3 rings (SSSR count). The van der Waals surface area contributed by atoms with E-state index in [0.29, 0.717) is 12.2 Å². The van der Waals surface area contributed by atoms with Crippen LogP contribution in [-0.4, -0.2) is 17.9 Å². The minimum Gasteiger partial charge on any atom is -0.300 e. The van der Waals surface area contributed by atoms with Crippen molar-refractivity contribution in [3.63, 3.8) is 0 Å². The lowest BCUT2D eigenvalue weighted by atomic mass is 10.2. The fraction of sp³-hybridized carbons (Fsp3) is 0.200. The first-order chi connectivity index (χ1) is 10.1. The maximum Gasteiger partial charge on any atom is 0.251 e. The zero-order valence-electron chi connectivity index (χ0n) is 11.1. The molecule has 0 bridgehead atoms. The quantitative estimate of drug-likeness (QED) is 0.882. The van der Waals surface area contributed by atoms with Crippen LogP contribution in [0.4, 0.5) is 10.1 Å². The Hall–Kier alpha value is -2.05. The fourth-order valence-corrected chi connectivity index (χ4v) is 2.95. The maximum absolute atomic E-state index is 12.9. The fourth-order valence-electron chi connectivity index (χ4n) is 2.29. The summed E-state index contributed by atoms with van der Waals surface area (Å²) in [4.78, 5) is 26.6. The second-order valence-electron chi connectivity index (χ2n) is 4.76. The lowest BCUT2D eigenvalue weighted by Crippen LogP contribution is -2.38. The van der Waals surface area contributed by atoms with E-state index < -0.39 is 11.9 Å². The molecule has 0 spiro atoms. The second kappa shape index (κ2) is 5.75. The average Bonchev–Trinajstić information content (AvgIpc) is 3.07. The van der Waals surface area contributed by atoms with Gasteiger partial charge in [0, 0.05) is 11.4 Å². The lowest BCUT2D eigenvalue weighted by molar-refractivity contribution is -0.121. The molecule has 1 aliphatic rings. The van der Waals surface area contributed by atoms with E-state index in [9.17, 15) is 14.0 Å². The molecule has 1 aromatic carbocycles. The highest BCUT2D eigenvalue weighted by Gasteiger charge is 2.39. The van der Waals surface area contributed by atoms with E-state index >= 15 is 0 Å². The van der Waals surface area contributed by atoms with Crippen molar-refractivity contribution in [2.24, 2.45) is 0 Å². The first-order valence-corrected chi connectivity index (χ1v) is 7.41. The molecule has 2 amide bonds. The number of benzene rings is 1. The van der Waals surface area contributed by atoms with E-state index in [2.05, 4.69) is 5.32 Å². The van der Waals surface area contributed by atoms with Crippen LogP contribution in [0.25, 0.3) is 0 Å². The topological polar surface area (TPSA) is 49.4 Å². The van der Waals surface area contributed by atoms with Crippen molar-refractivity contribution < 1.29 is 14.0 Å². The highest BCUT2D eigenvalue weighted by atomic mass is 32.1. The number of nitrogens with one attached hydrogen (secondary N) is 1. The molecule has 21 heavy (non-hydrogen) atoms. The number of hydrogen-bond donors (Lipinski definition) is 1.